The topological polar surface area (TPSA) is 75.0 Å². The van der Waals surface area contributed by atoms with Crippen molar-refractivity contribution in [1.29, 1.82) is 0 Å². The lowest BCUT2D eigenvalue weighted by molar-refractivity contribution is -0.152. The molecule has 0 aliphatic heterocycles. The molecule has 134 valence electrons. The quantitative estimate of drug-likeness (QED) is 0.499. The van der Waals surface area contributed by atoms with Gasteiger partial charge in [-0.15, -0.1) is 0 Å². The van der Waals surface area contributed by atoms with Crippen molar-refractivity contribution in [2.24, 2.45) is 0 Å². The fraction of sp³-hybridized carbons (Fsp3) is 0.200. The molecule has 3 rings (SSSR count). The van der Waals surface area contributed by atoms with Crippen molar-refractivity contribution < 1.29 is 23.4 Å². The van der Waals surface area contributed by atoms with Crippen LogP contribution in [0, 0.1) is 0 Å². The third-order valence-electron chi connectivity index (χ3n) is 3.80. The molecule has 0 radical (unpaired) electrons. The van der Waals surface area contributed by atoms with E-state index in [-0.39, 0.29) is 6.61 Å². The van der Waals surface area contributed by atoms with E-state index in [0.717, 1.165) is 0 Å². The predicted octanol–water partition coefficient (Wildman–Crippen LogP) is 3.31. The highest BCUT2D eigenvalue weighted by molar-refractivity contribution is 5.82. The van der Waals surface area contributed by atoms with Gasteiger partial charge in [0, 0.05) is 23.1 Å². The number of carbonyl (C=O) groups is 1. The van der Waals surface area contributed by atoms with E-state index in [9.17, 15) is 9.59 Å². The van der Waals surface area contributed by atoms with Gasteiger partial charge in [-0.2, -0.15) is 0 Å². The number of fused-ring (bicyclic) bond motifs is 1. The summed E-state index contributed by atoms with van der Waals surface area (Å²) in [6.45, 7) is 1.55. The molecule has 0 spiro atoms. The average molecular weight is 354 g/mol. The van der Waals surface area contributed by atoms with Crippen LogP contribution < -0.4 is 15.1 Å². The van der Waals surface area contributed by atoms with E-state index in [0.29, 0.717) is 28.0 Å². The fourth-order valence-corrected chi connectivity index (χ4v) is 2.47. The molecule has 6 heteroatoms. The third kappa shape index (κ3) is 4.03. The normalized spacial score (nSPS) is 11.8. The molecule has 2 aromatic carbocycles. The molecular weight excluding hydrogens is 336 g/mol. The molecule has 0 saturated carbocycles. The Labute approximate surface area is 149 Å². The summed E-state index contributed by atoms with van der Waals surface area (Å²) < 4.78 is 21.1. The molecular formula is C20H18O6. The Hall–Kier alpha value is -3.28. The third-order valence-corrected chi connectivity index (χ3v) is 3.80. The van der Waals surface area contributed by atoms with Crippen LogP contribution in [0.15, 0.2) is 63.8 Å². The maximum Gasteiger partial charge on any atom is 0.347 e. The van der Waals surface area contributed by atoms with Crippen LogP contribution in [0.5, 0.6) is 11.5 Å². The predicted molar refractivity (Wildman–Crippen MR) is 95.4 cm³/mol. The molecule has 0 bridgehead atoms. The van der Waals surface area contributed by atoms with Gasteiger partial charge in [-0.25, -0.2) is 9.59 Å². The lowest BCUT2D eigenvalue weighted by Crippen LogP contribution is -2.26. The van der Waals surface area contributed by atoms with E-state index in [1.165, 1.54) is 13.2 Å². The first-order valence-corrected chi connectivity index (χ1v) is 8.06. The number of rotatable bonds is 6. The standard InChI is InChI=1S/C20H18O6/c1-13(25-15-6-4-3-5-7-15)20(22)24-12-14-10-19(21)26-18-11-16(23-2)8-9-17(14)18/h3-11,13H,12H2,1-2H3. The lowest BCUT2D eigenvalue weighted by Gasteiger charge is -2.14. The van der Waals surface area contributed by atoms with Crippen LogP contribution in [0.3, 0.4) is 0 Å². The molecule has 6 nitrogen and oxygen atoms in total. The number of methoxy groups -OCH3 is 1. The summed E-state index contributed by atoms with van der Waals surface area (Å²) in [5.41, 5.74) is 0.404. The van der Waals surface area contributed by atoms with E-state index < -0.39 is 17.7 Å². The Balaban J connectivity index is 1.72. The van der Waals surface area contributed by atoms with Gasteiger partial charge in [-0.1, -0.05) is 18.2 Å². The lowest BCUT2D eigenvalue weighted by atomic mass is 10.1. The highest BCUT2D eigenvalue weighted by Crippen LogP contribution is 2.23. The molecule has 26 heavy (non-hydrogen) atoms. The summed E-state index contributed by atoms with van der Waals surface area (Å²) in [5.74, 6) is 0.623. The molecule has 0 aliphatic carbocycles. The second kappa shape index (κ2) is 7.74. The first kappa shape index (κ1) is 17.5. The number of benzene rings is 2. The molecule has 1 unspecified atom stereocenters. The van der Waals surface area contributed by atoms with Gasteiger partial charge in [0.2, 0.25) is 0 Å². The van der Waals surface area contributed by atoms with Gasteiger partial charge in [-0.3, -0.25) is 0 Å². The number of esters is 1. The minimum absolute atomic E-state index is 0.0598. The zero-order chi connectivity index (χ0) is 18.5. The SMILES string of the molecule is COc1ccc2c(COC(=O)C(C)Oc3ccccc3)cc(=O)oc2c1. The van der Waals surface area contributed by atoms with Crippen molar-refractivity contribution >= 4 is 16.9 Å². The average Bonchev–Trinajstić information content (AvgIpc) is 2.65. The molecule has 0 aliphatic rings. The van der Waals surface area contributed by atoms with E-state index >= 15 is 0 Å². The first-order valence-electron chi connectivity index (χ1n) is 8.06. The second-order valence-corrected chi connectivity index (χ2v) is 5.63. The smallest absolute Gasteiger partial charge is 0.347 e. The van der Waals surface area contributed by atoms with Crippen LogP contribution in [0.2, 0.25) is 0 Å². The summed E-state index contributed by atoms with van der Waals surface area (Å²) in [4.78, 5) is 23.9. The van der Waals surface area contributed by atoms with Gasteiger partial charge in [0.25, 0.3) is 0 Å². The molecule has 0 fully saturated rings. The molecule has 0 N–H and O–H groups in total. The van der Waals surface area contributed by atoms with E-state index in [1.54, 1.807) is 37.3 Å². The van der Waals surface area contributed by atoms with Crippen molar-refractivity contribution in [3.8, 4) is 11.5 Å². The van der Waals surface area contributed by atoms with Crippen LogP contribution in [0.1, 0.15) is 12.5 Å². The highest BCUT2D eigenvalue weighted by atomic mass is 16.6. The van der Waals surface area contributed by atoms with Gasteiger partial charge in [-0.05, 0) is 31.2 Å². The van der Waals surface area contributed by atoms with Crippen LogP contribution in [0.25, 0.3) is 11.0 Å². The fourth-order valence-electron chi connectivity index (χ4n) is 2.47. The number of para-hydroxylation sites is 1. The Morgan fingerprint density at radius 2 is 1.85 bits per heavy atom. The monoisotopic (exact) mass is 354 g/mol. The summed E-state index contributed by atoms with van der Waals surface area (Å²) in [6, 6.07) is 15.4. The second-order valence-electron chi connectivity index (χ2n) is 5.63. The Kier molecular flexibility index (Phi) is 5.22. The molecule has 1 aromatic heterocycles. The van der Waals surface area contributed by atoms with Crippen LogP contribution >= 0.6 is 0 Å². The van der Waals surface area contributed by atoms with Gasteiger partial charge >= 0.3 is 11.6 Å². The van der Waals surface area contributed by atoms with Crippen molar-refractivity contribution in [3.05, 3.63) is 70.6 Å². The highest BCUT2D eigenvalue weighted by Gasteiger charge is 2.17. The zero-order valence-corrected chi connectivity index (χ0v) is 14.4. The number of ether oxygens (including phenoxy) is 3. The van der Waals surface area contributed by atoms with Gasteiger partial charge in [0.15, 0.2) is 6.10 Å². The van der Waals surface area contributed by atoms with Crippen molar-refractivity contribution in [2.75, 3.05) is 7.11 Å². The number of hydrogen-bond donors (Lipinski definition) is 0. The first-order chi connectivity index (χ1) is 12.6. The van der Waals surface area contributed by atoms with Gasteiger partial charge < -0.3 is 18.6 Å². The van der Waals surface area contributed by atoms with Crippen molar-refractivity contribution in [3.63, 3.8) is 0 Å². The summed E-state index contributed by atoms with van der Waals surface area (Å²) in [7, 11) is 1.53. The molecule has 1 atom stereocenters. The van der Waals surface area contributed by atoms with Crippen molar-refractivity contribution in [2.45, 2.75) is 19.6 Å². The Morgan fingerprint density at radius 1 is 1.08 bits per heavy atom. The minimum atomic E-state index is -0.774. The molecule has 0 amide bonds. The van der Waals surface area contributed by atoms with Gasteiger partial charge in [0.1, 0.15) is 23.7 Å². The van der Waals surface area contributed by atoms with E-state index in [2.05, 4.69) is 0 Å². The molecule has 1 heterocycles. The zero-order valence-electron chi connectivity index (χ0n) is 14.4. The van der Waals surface area contributed by atoms with Gasteiger partial charge in [0.05, 0.1) is 7.11 Å². The maximum absolute atomic E-state index is 12.2. The Bertz CT molecular complexity index is 961. The summed E-state index contributed by atoms with van der Waals surface area (Å²) in [6.07, 6.45) is -0.774. The Morgan fingerprint density at radius 3 is 2.58 bits per heavy atom. The van der Waals surface area contributed by atoms with E-state index in [1.807, 2.05) is 18.2 Å². The number of carbonyl (C=O) groups excluding carboxylic acids is 1. The number of hydrogen-bond acceptors (Lipinski definition) is 6. The summed E-state index contributed by atoms with van der Waals surface area (Å²) >= 11 is 0. The van der Waals surface area contributed by atoms with E-state index in [4.69, 9.17) is 18.6 Å². The van der Waals surface area contributed by atoms with Crippen molar-refractivity contribution in [1.82, 2.24) is 0 Å². The minimum Gasteiger partial charge on any atom is -0.497 e. The maximum atomic E-state index is 12.2. The van der Waals surface area contributed by atoms with Crippen LogP contribution in [0.4, 0.5) is 0 Å². The summed E-state index contributed by atoms with van der Waals surface area (Å²) in [5, 5.41) is 0.676. The van der Waals surface area contributed by atoms with Crippen LogP contribution in [-0.4, -0.2) is 19.2 Å². The largest absolute Gasteiger partial charge is 0.497 e. The molecule has 0 saturated heterocycles. The molecule has 3 aromatic rings. The van der Waals surface area contributed by atoms with Crippen LogP contribution in [-0.2, 0) is 16.1 Å².